The normalized spacial score (nSPS) is 28.3. The summed E-state index contributed by atoms with van der Waals surface area (Å²) in [5.74, 6) is -0.279. The van der Waals surface area contributed by atoms with Crippen molar-refractivity contribution < 1.29 is 14.4 Å². The second kappa shape index (κ2) is 6.41. The first-order valence-corrected chi connectivity index (χ1v) is 9.50. The Morgan fingerprint density at radius 3 is 2.77 bits per heavy atom. The van der Waals surface area contributed by atoms with Crippen LogP contribution in [0.5, 0.6) is 0 Å². The van der Waals surface area contributed by atoms with Crippen LogP contribution in [0.4, 0.5) is 4.79 Å². The number of benzene rings is 1. The number of fused-ring (bicyclic) bond motifs is 1. The smallest absolute Gasteiger partial charge is 0.325 e. The van der Waals surface area contributed by atoms with Crippen molar-refractivity contribution in [1.29, 1.82) is 0 Å². The van der Waals surface area contributed by atoms with Gasteiger partial charge in [0, 0.05) is 13.1 Å². The topological polar surface area (TPSA) is 69.7 Å². The Hall–Kier alpha value is -2.37. The van der Waals surface area contributed by atoms with Crippen molar-refractivity contribution in [3.63, 3.8) is 0 Å². The third-order valence-corrected chi connectivity index (χ3v) is 6.28. The molecule has 0 radical (unpaired) electrons. The van der Waals surface area contributed by atoms with Crippen molar-refractivity contribution >= 4 is 17.8 Å². The van der Waals surface area contributed by atoms with Gasteiger partial charge in [-0.05, 0) is 36.3 Å². The average Bonchev–Trinajstić information content (AvgIpc) is 2.89. The van der Waals surface area contributed by atoms with Gasteiger partial charge in [0.15, 0.2) is 0 Å². The second-order valence-electron chi connectivity index (χ2n) is 7.77. The molecule has 1 saturated carbocycles. The molecule has 4 amide bonds. The SMILES string of the molecule is C[C@@H]1CCCC[C@]12NC(=O)N(CC(=O)N1CCc3ccccc3C1)C2=O. The minimum atomic E-state index is -0.801. The van der Waals surface area contributed by atoms with E-state index in [0.717, 1.165) is 36.1 Å². The number of nitrogens with one attached hydrogen (secondary N) is 1. The Labute approximate surface area is 153 Å². The molecule has 0 aromatic heterocycles. The van der Waals surface area contributed by atoms with E-state index in [1.807, 2.05) is 25.1 Å². The fourth-order valence-corrected chi connectivity index (χ4v) is 4.58. The molecule has 1 saturated heterocycles. The number of urea groups is 1. The summed E-state index contributed by atoms with van der Waals surface area (Å²) in [4.78, 5) is 41.1. The molecule has 26 heavy (non-hydrogen) atoms. The standard InChI is InChI=1S/C20H25N3O3/c1-14-6-4-5-10-20(14)18(25)23(19(26)21-20)13-17(24)22-11-9-15-7-2-3-8-16(15)12-22/h2-3,7-8,14H,4-6,9-13H2,1H3,(H,21,26)/t14-,20+/m1/s1. The first-order valence-electron chi connectivity index (χ1n) is 9.50. The van der Waals surface area contributed by atoms with Gasteiger partial charge in [0.2, 0.25) is 5.91 Å². The monoisotopic (exact) mass is 355 g/mol. The summed E-state index contributed by atoms with van der Waals surface area (Å²) in [6.45, 7) is 3.02. The van der Waals surface area contributed by atoms with Gasteiger partial charge in [-0.3, -0.25) is 14.5 Å². The van der Waals surface area contributed by atoms with Gasteiger partial charge in [-0.2, -0.15) is 0 Å². The van der Waals surface area contributed by atoms with Crippen LogP contribution in [-0.2, 0) is 22.6 Å². The fourth-order valence-electron chi connectivity index (χ4n) is 4.58. The summed E-state index contributed by atoms with van der Waals surface area (Å²) < 4.78 is 0. The molecule has 1 aromatic carbocycles. The van der Waals surface area contributed by atoms with Crippen LogP contribution in [-0.4, -0.2) is 46.3 Å². The summed E-state index contributed by atoms with van der Waals surface area (Å²) in [5, 5.41) is 2.91. The fraction of sp³-hybridized carbons (Fsp3) is 0.550. The molecular weight excluding hydrogens is 330 g/mol. The van der Waals surface area contributed by atoms with Gasteiger partial charge in [0.05, 0.1) is 0 Å². The molecule has 4 rings (SSSR count). The minimum absolute atomic E-state index is 0.106. The lowest BCUT2D eigenvalue weighted by Crippen LogP contribution is -2.54. The molecule has 2 atom stereocenters. The quantitative estimate of drug-likeness (QED) is 0.826. The van der Waals surface area contributed by atoms with Crippen LogP contribution in [0.15, 0.2) is 24.3 Å². The summed E-state index contributed by atoms with van der Waals surface area (Å²) >= 11 is 0. The lowest BCUT2D eigenvalue weighted by Gasteiger charge is -2.37. The van der Waals surface area contributed by atoms with Crippen molar-refractivity contribution in [2.75, 3.05) is 13.1 Å². The van der Waals surface area contributed by atoms with E-state index in [2.05, 4.69) is 11.4 Å². The Bertz CT molecular complexity index is 762. The maximum Gasteiger partial charge on any atom is 0.325 e. The number of rotatable bonds is 2. The first-order chi connectivity index (χ1) is 12.5. The number of carbonyl (C=O) groups excluding carboxylic acids is 3. The van der Waals surface area contributed by atoms with Gasteiger partial charge >= 0.3 is 6.03 Å². The van der Waals surface area contributed by atoms with Gasteiger partial charge in [-0.1, -0.05) is 44.0 Å². The average molecular weight is 355 g/mol. The molecule has 0 bridgehead atoms. The highest BCUT2D eigenvalue weighted by Gasteiger charge is 2.55. The van der Waals surface area contributed by atoms with Crippen LogP contribution in [0.25, 0.3) is 0 Å². The Balaban J connectivity index is 1.46. The van der Waals surface area contributed by atoms with Crippen molar-refractivity contribution in [3.05, 3.63) is 35.4 Å². The largest absolute Gasteiger partial charge is 0.336 e. The molecule has 1 aliphatic carbocycles. The van der Waals surface area contributed by atoms with E-state index >= 15 is 0 Å². The van der Waals surface area contributed by atoms with Crippen LogP contribution in [0.3, 0.4) is 0 Å². The van der Waals surface area contributed by atoms with E-state index in [1.165, 1.54) is 5.56 Å². The number of imide groups is 1. The van der Waals surface area contributed by atoms with Crippen LogP contribution in [0.1, 0.15) is 43.7 Å². The molecule has 1 spiro atoms. The van der Waals surface area contributed by atoms with Gasteiger partial charge in [0.25, 0.3) is 5.91 Å². The van der Waals surface area contributed by atoms with Crippen LogP contribution in [0, 0.1) is 5.92 Å². The van der Waals surface area contributed by atoms with E-state index in [4.69, 9.17) is 0 Å². The number of hydrogen-bond acceptors (Lipinski definition) is 3. The van der Waals surface area contributed by atoms with Crippen molar-refractivity contribution in [2.45, 2.75) is 51.1 Å². The maximum atomic E-state index is 13.0. The zero-order valence-corrected chi connectivity index (χ0v) is 15.2. The van der Waals surface area contributed by atoms with Gasteiger partial charge in [-0.25, -0.2) is 4.79 Å². The molecule has 2 aliphatic heterocycles. The lowest BCUT2D eigenvalue weighted by atomic mass is 9.73. The van der Waals surface area contributed by atoms with E-state index in [1.54, 1.807) is 4.90 Å². The first kappa shape index (κ1) is 17.1. The molecule has 6 heteroatoms. The summed E-state index contributed by atoms with van der Waals surface area (Å²) in [6, 6.07) is 7.67. The molecular formula is C20H25N3O3. The lowest BCUT2D eigenvalue weighted by molar-refractivity contribution is -0.141. The Morgan fingerprint density at radius 2 is 2.00 bits per heavy atom. The highest BCUT2D eigenvalue weighted by molar-refractivity contribution is 6.09. The molecule has 1 N–H and O–H groups in total. The number of nitrogens with zero attached hydrogens (tertiary/aromatic N) is 2. The van der Waals surface area contributed by atoms with E-state index < -0.39 is 11.6 Å². The molecule has 2 heterocycles. The predicted octanol–water partition coefficient (Wildman–Crippen LogP) is 2.07. The third-order valence-electron chi connectivity index (χ3n) is 6.28. The van der Waals surface area contributed by atoms with Crippen LogP contribution in [0.2, 0.25) is 0 Å². The highest BCUT2D eigenvalue weighted by atomic mass is 16.2. The second-order valence-corrected chi connectivity index (χ2v) is 7.77. The van der Waals surface area contributed by atoms with Gasteiger partial charge in [-0.15, -0.1) is 0 Å². The maximum absolute atomic E-state index is 13.0. The number of hydrogen-bond donors (Lipinski definition) is 1. The van der Waals surface area contributed by atoms with E-state index in [9.17, 15) is 14.4 Å². The molecule has 6 nitrogen and oxygen atoms in total. The third kappa shape index (κ3) is 2.68. The minimum Gasteiger partial charge on any atom is -0.336 e. The molecule has 1 aromatic rings. The van der Waals surface area contributed by atoms with Gasteiger partial charge < -0.3 is 10.2 Å². The highest BCUT2D eigenvalue weighted by Crippen LogP contribution is 2.38. The van der Waals surface area contributed by atoms with E-state index in [-0.39, 0.29) is 24.3 Å². The van der Waals surface area contributed by atoms with Gasteiger partial charge in [0.1, 0.15) is 12.1 Å². The van der Waals surface area contributed by atoms with Crippen molar-refractivity contribution in [1.82, 2.24) is 15.1 Å². The molecule has 0 unspecified atom stereocenters. The molecule has 3 aliphatic rings. The zero-order chi connectivity index (χ0) is 18.3. The molecule has 2 fully saturated rings. The number of amides is 4. The summed E-state index contributed by atoms with van der Waals surface area (Å²) in [7, 11) is 0. The molecule has 138 valence electrons. The number of carbonyl (C=O) groups is 3. The Kier molecular flexibility index (Phi) is 4.21. The zero-order valence-electron chi connectivity index (χ0n) is 15.2. The van der Waals surface area contributed by atoms with E-state index in [0.29, 0.717) is 19.5 Å². The predicted molar refractivity (Wildman–Crippen MR) is 96.2 cm³/mol. The summed E-state index contributed by atoms with van der Waals surface area (Å²) in [5.41, 5.74) is 1.60. The van der Waals surface area contributed by atoms with Crippen LogP contribution < -0.4 is 5.32 Å². The van der Waals surface area contributed by atoms with Crippen molar-refractivity contribution in [2.24, 2.45) is 5.92 Å². The Morgan fingerprint density at radius 1 is 1.23 bits per heavy atom. The van der Waals surface area contributed by atoms with Crippen LogP contribution >= 0.6 is 0 Å². The summed E-state index contributed by atoms with van der Waals surface area (Å²) in [6.07, 6.45) is 4.42. The van der Waals surface area contributed by atoms with Crippen molar-refractivity contribution in [3.8, 4) is 0 Å².